The quantitative estimate of drug-likeness (QED) is 0.498. The Morgan fingerprint density at radius 2 is 1.90 bits per heavy atom. The Kier molecular flexibility index (Phi) is 6.25. The van der Waals surface area contributed by atoms with E-state index in [2.05, 4.69) is 5.10 Å². The molecule has 3 aromatic rings. The minimum absolute atomic E-state index is 0.151. The molecule has 3 heterocycles. The molecular formula is C22H20N2O4S2. The lowest BCUT2D eigenvalue weighted by Gasteiger charge is -2.23. The molecule has 0 radical (unpaired) electrons. The van der Waals surface area contributed by atoms with Crippen molar-refractivity contribution in [3.8, 4) is 5.75 Å². The number of esters is 1. The third-order valence-electron chi connectivity index (χ3n) is 4.58. The molecule has 1 aliphatic heterocycles. The van der Waals surface area contributed by atoms with Crippen LogP contribution in [-0.4, -0.2) is 35.8 Å². The van der Waals surface area contributed by atoms with E-state index in [1.807, 2.05) is 47.2 Å². The number of carbonyl (C=O) groups is 2. The van der Waals surface area contributed by atoms with Gasteiger partial charge in [0.1, 0.15) is 5.75 Å². The van der Waals surface area contributed by atoms with Crippen LogP contribution in [0.15, 0.2) is 64.4 Å². The van der Waals surface area contributed by atoms with E-state index in [0.29, 0.717) is 23.7 Å². The zero-order valence-corrected chi connectivity index (χ0v) is 17.9. The second-order valence-corrected chi connectivity index (χ2v) is 8.40. The predicted molar refractivity (Wildman–Crippen MR) is 117 cm³/mol. The number of hydrogen-bond donors (Lipinski definition) is 0. The molecule has 1 amide bonds. The number of amides is 1. The van der Waals surface area contributed by atoms with Crippen LogP contribution in [0.2, 0.25) is 0 Å². The lowest BCUT2D eigenvalue weighted by atomic mass is 10.00. The molecule has 30 heavy (non-hydrogen) atoms. The SMILES string of the molecule is CCOC(=O)COc1ccccc1[C@H]1CC(c2cccs2)=NN1C(=O)c1cccs1. The molecule has 2 aromatic heterocycles. The maximum absolute atomic E-state index is 13.2. The first kappa shape index (κ1) is 20.3. The summed E-state index contributed by atoms with van der Waals surface area (Å²) < 4.78 is 10.7. The number of hydrogen-bond acceptors (Lipinski definition) is 7. The topological polar surface area (TPSA) is 68.2 Å². The second-order valence-electron chi connectivity index (χ2n) is 6.50. The number of benzene rings is 1. The smallest absolute Gasteiger partial charge is 0.344 e. The van der Waals surface area contributed by atoms with Crippen LogP contribution in [0, 0.1) is 0 Å². The van der Waals surface area contributed by atoms with Gasteiger partial charge < -0.3 is 9.47 Å². The largest absolute Gasteiger partial charge is 0.482 e. The fourth-order valence-corrected chi connectivity index (χ4v) is 4.65. The van der Waals surface area contributed by atoms with Crippen LogP contribution in [0.4, 0.5) is 0 Å². The zero-order chi connectivity index (χ0) is 20.9. The van der Waals surface area contributed by atoms with E-state index in [1.165, 1.54) is 16.3 Å². The van der Waals surface area contributed by atoms with Crippen molar-refractivity contribution in [1.29, 1.82) is 0 Å². The molecule has 0 unspecified atom stereocenters. The first-order chi connectivity index (χ1) is 14.7. The molecule has 0 saturated heterocycles. The van der Waals surface area contributed by atoms with Gasteiger partial charge in [-0.2, -0.15) is 5.10 Å². The van der Waals surface area contributed by atoms with Crippen LogP contribution in [-0.2, 0) is 9.53 Å². The van der Waals surface area contributed by atoms with Crippen molar-refractivity contribution in [2.24, 2.45) is 5.10 Å². The van der Waals surface area contributed by atoms with Crippen molar-refractivity contribution in [1.82, 2.24) is 5.01 Å². The molecule has 6 nitrogen and oxygen atoms in total. The zero-order valence-electron chi connectivity index (χ0n) is 16.3. The minimum atomic E-state index is -0.430. The van der Waals surface area contributed by atoms with Crippen molar-refractivity contribution < 1.29 is 19.1 Å². The number of rotatable bonds is 7. The normalized spacial score (nSPS) is 15.7. The van der Waals surface area contributed by atoms with Gasteiger partial charge in [-0.3, -0.25) is 4.79 Å². The van der Waals surface area contributed by atoms with E-state index in [4.69, 9.17) is 9.47 Å². The third-order valence-corrected chi connectivity index (χ3v) is 6.36. The first-order valence-corrected chi connectivity index (χ1v) is 11.3. The maximum atomic E-state index is 13.2. The van der Waals surface area contributed by atoms with Crippen molar-refractivity contribution in [3.05, 3.63) is 74.6 Å². The number of thiophene rings is 2. The molecule has 0 fully saturated rings. The summed E-state index contributed by atoms with van der Waals surface area (Å²) in [4.78, 5) is 26.6. The highest BCUT2D eigenvalue weighted by atomic mass is 32.1. The summed E-state index contributed by atoms with van der Waals surface area (Å²) >= 11 is 2.98. The Labute approximate surface area is 182 Å². The minimum Gasteiger partial charge on any atom is -0.482 e. The lowest BCUT2D eigenvalue weighted by Crippen LogP contribution is -2.27. The second kappa shape index (κ2) is 9.23. The van der Waals surface area contributed by atoms with Crippen LogP contribution < -0.4 is 4.74 Å². The third kappa shape index (κ3) is 4.29. The average Bonchev–Trinajstić information content (AvgIpc) is 3.53. The number of para-hydroxylation sites is 1. The Morgan fingerprint density at radius 3 is 2.63 bits per heavy atom. The molecule has 1 aromatic carbocycles. The van der Waals surface area contributed by atoms with Gasteiger partial charge >= 0.3 is 5.97 Å². The maximum Gasteiger partial charge on any atom is 0.344 e. The Bertz CT molecular complexity index is 1050. The van der Waals surface area contributed by atoms with Gasteiger partial charge in [0, 0.05) is 12.0 Å². The standard InChI is InChI=1S/C22H20N2O4S2/c1-2-27-21(25)14-28-18-8-4-3-7-15(18)17-13-16(19-9-5-11-29-19)23-24(17)22(26)20-10-6-12-30-20/h3-12,17H,2,13-14H2,1H3/t17-/m1/s1. The Morgan fingerprint density at radius 1 is 1.10 bits per heavy atom. The molecule has 154 valence electrons. The van der Waals surface area contributed by atoms with E-state index in [0.717, 1.165) is 16.2 Å². The van der Waals surface area contributed by atoms with Crippen molar-refractivity contribution in [3.63, 3.8) is 0 Å². The summed E-state index contributed by atoms with van der Waals surface area (Å²) in [5.41, 5.74) is 1.67. The van der Waals surface area contributed by atoms with Crippen LogP contribution in [0.5, 0.6) is 5.75 Å². The van der Waals surface area contributed by atoms with E-state index in [9.17, 15) is 9.59 Å². The van der Waals surface area contributed by atoms with Crippen LogP contribution >= 0.6 is 22.7 Å². The molecule has 0 saturated carbocycles. The van der Waals surface area contributed by atoms with Crippen molar-refractivity contribution >= 4 is 40.3 Å². The van der Waals surface area contributed by atoms with Crippen LogP contribution in [0.25, 0.3) is 0 Å². The summed E-state index contributed by atoms with van der Waals surface area (Å²) in [6, 6.07) is 14.7. The van der Waals surface area contributed by atoms with Crippen LogP contribution in [0.3, 0.4) is 0 Å². The highest BCUT2D eigenvalue weighted by molar-refractivity contribution is 7.12. The molecule has 4 rings (SSSR count). The summed E-state index contributed by atoms with van der Waals surface area (Å²) in [5.74, 6) is -0.0373. The average molecular weight is 441 g/mol. The van der Waals surface area contributed by atoms with Crippen molar-refractivity contribution in [2.45, 2.75) is 19.4 Å². The van der Waals surface area contributed by atoms with Gasteiger partial charge in [0.15, 0.2) is 6.61 Å². The molecule has 0 spiro atoms. The fraction of sp³-hybridized carbons (Fsp3) is 0.227. The van der Waals surface area contributed by atoms with Crippen molar-refractivity contribution in [2.75, 3.05) is 13.2 Å². The molecule has 1 atom stereocenters. The van der Waals surface area contributed by atoms with E-state index < -0.39 is 5.97 Å². The highest BCUT2D eigenvalue weighted by Crippen LogP contribution is 2.39. The Hall–Kier alpha value is -2.97. The van der Waals surface area contributed by atoms with Gasteiger partial charge in [-0.25, -0.2) is 9.80 Å². The number of ether oxygens (including phenoxy) is 2. The summed E-state index contributed by atoms with van der Waals surface area (Å²) in [6.45, 7) is 1.87. The Balaban J connectivity index is 1.65. The number of hydrazone groups is 1. The monoisotopic (exact) mass is 440 g/mol. The highest BCUT2D eigenvalue weighted by Gasteiger charge is 2.36. The molecular weight excluding hydrogens is 420 g/mol. The van der Waals surface area contributed by atoms with Gasteiger partial charge in [-0.05, 0) is 35.9 Å². The van der Waals surface area contributed by atoms with Gasteiger partial charge in [-0.15, -0.1) is 22.7 Å². The fourth-order valence-electron chi connectivity index (χ4n) is 3.27. The molecule has 8 heteroatoms. The van der Waals surface area contributed by atoms with E-state index in [1.54, 1.807) is 30.4 Å². The van der Waals surface area contributed by atoms with E-state index >= 15 is 0 Å². The number of nitrogens with zero attached hydrogens (tertiary/aromatic N) is 2. The van der Waals surface area contributed by atoms with Gasteiger partial charge in [0.2, 0.25) is 0 Å². The summed E-state index contributed by atoms with van der Waals surface area (Å²) in [6.07, 6.45) is 0.567. The van der Waals surface area contributed by atoms with Crippen LogP contribution in [0.1, 0.15) is 39.5 Å². The summed E-state index contributed by atoms with van der Waals surface area (Å²) in [7, 11) is 0. The van der Waals surface area contributed by atoms with Gasteiger partial charge in [0.25, 0.3) is 5.91 Å². The number of carbonyl (C=O) groups excluding carboxylic acids is 2. The molecule has 1 aliphatic rings. The van der Waals surface area contributed by atoms with E-state index in [-0.39, 0.29) is 18.6 Å². The molecule has 0 N–H and O–H groups in total. The first-order valence-electron chi connectivity index (χ1n) is 9.53. The lowest BCUT2D eigenvalue weighted by molar-refractivity contribution is -0.145. The molecule has 0 aliphatic carbocycles. The summed E-state index contributed by atoms with van der Waals surface area (Å²) in [5, 5.41) is 10.1. The van der Waals surface area contributed by atoms with Gasteiger partial charge in [-0.1, -0.05) is 30.3 Å². The molecule has 0 bridgehead atoms. The predicted octanol–water partition coefficient (Wildman–Crippen LogP) is 4.74. The van der Waals surface area contributed by atoms with Gasteiger partial charge in [0.05, 0.1) is 28.1 Å².